The monoisotopic (exact) mass is 361 g/mol. The van der Waals surface area contributed by atoms with Gasteiger partial charge in [0.25, 0.3) is 5.91 Å². The van der Waals surface area contributed by atoms with Crippen molar-refractivity contribution >= 4 is 11.9 Å². The summed E-state index contributed by atoms with van der Waals surface area (Å²) in [5, 5.41) is 9.34. The molecule has 2 aliphatic heterocycles. The van der Waals surface area contributed by atoms with Gasteiger partial charge in [-0.1, -0.05) is 25.1 Å². The van der Waals surface area contributed by atoms with Crippen molar-refractivity contribution < 1.29 is 24.2 Å². The predicted molar refractivity (Wildman–Crippen MR) is 95.9 cm³/mol. The van der Waals surface area contributed by atoms with Crippen LogP contribution >= 0.6 is 0 Å². The number of aliphatic carboxylic acids is 1. The van der Waals surface area contributed by atoms with Crippen LogP contribution in [0.15, 0.2) is 24.3 Å². The van der Waals surface area contributed by atoms with Crippen LogP contribution in [0.2, 0.25) is 0 Å². The summed E-state index contributed by atoms with van der Waals surface area (Å²) in [5.74, 6) is -1.24. The quantitative estimate of drug-likeness (QED) is 0.872. The van der Waals surface area contributed by atoms with Gasteiger partial charge in [-0.2, -0.15) is 0 Å². The minimum absolute atomic E-state index is 0.103. The molecule has 1 amide bonds. The molecule has 0 radical (unpaired) electrons. The van der Waals surface area contributed by atoms with Crippen LogP contribution in [-0.2, 0) is 20.9 Å². The first kappa shape index (κ1) is 18.9. The van der Waals surface area contributed by atoms with E-state index in [0.29, 0.717) is 38.3 Å². The number of carbonyl (C=O) groups excluding carboxylic acids is 1. The average Bonchev–Trinajstić information content (AvgIpc) is 2.66. The minimum Gasteiger partial charge on any atom is -0.481 e. The number of likely N-dealkylation sites (tertiary alicyclic amines) is 1. The maximum Gasteiger partial charge on any atom is 0.308 e. The number of hydrogen-bond acceptors (Lipinski definition) is 4. The smallest absolute Gasteiger partial charge is 0.308 e. The molecule has 26 heavy (non-hydrogen) atoms. The van der Waals surface area contributed by atoms with Gasteiger partial charge in [-0.15, -0.1) is 0 Å². The Morgan fingerprint density at radius 3 is 2.69 bits per heavy atom. The van der Waals surface area contributed by atoms with Gasteiger partial charge in [-0.25, -0.2) is 0 Å². The van der Waals surface area contributed by atoms with Crippen LogP contribution in [0.4, 0.5) is 0 Å². The molecule has 2 heterocycles. The zero-order valence-corrected chi connectivity index (χ0v) is 15.2. The zero-order valence-electron chi connectivity index (χ0n) is 15.2. The minimum atomic E-state index is -0.828. The second-order valence-corrected chi connectivity index (χ2v) is 7.37. The van der Waals surface area contributed by atoms with E-state index in [4.69, 9.17) is 9.47 Å². The number of carboxylic acids is 1. The Morgan fingerprint density at radius 1 is 1.23 bits per heavy atom. The molecule has 0 aromatic heterocycles. The molecular formula is C20H27NO5. The van der Waals surface area contributed by atoms with E-state index in [1.54, 1.807) is 11.0 Å². The van der Waals surface area contributed by atoms with E-state index in [-0.39, 0.29) is 24.5 Å². The van der Waals surface area contributed by atoms with Crippen molar-refractivity contribution in [3.05, 3.63) is 35.4 Å². The topological polar surface area (TPSA) is 76.1 Å². The van der Waals surface area contributed by atoms with Crippen molar-refractivity contribution in [2.45, 2.75) is 38.9 Å². The lowest BCUT2D eigenvalue weighted by molar-refractivity contribution is -0.143. The number of carbonyl (C=O) groups is 2. The number of nitrogens with zero attached hydrogens (tertiary/aromatic N) is 1. The highest BCUT2D eigenvalue weighted by Crippen LogP contribution is 2.25. The van der Waals surface area contributed by atoms with Crippen LogP contribution in [0.25, 0.3) is 0 Å². The molecule has 0 bridgehead atoms. The van der Waals surface area contributed by atoms with Gasteiger partial charge in [0.05, 0.1) is 18.6 Å². The van der Waals surface area contributed by atoms with Crippen LogP contribution < -0.4 is 0 Å². The molecule has 6 nitrogen and oxygen atoms in total. The molecule has 0 spiro atoms. The van der Waals surface area contributed by atoms with Gasteiger partial charge in [0.15, 0.2) is 0 Å². The van der Waals surface area contributed by atoms with Gasteiger partial charge in [-0.05, 0) is 36.8 Å². The molecule has 3 rings (SSSR count). The molecule has 2 aliphatic rings. The number of carboxylic acid groups (broad SMARTS) is 1. The Balaban J connectivity index is 1.69. The Labute approximate surface area is 154 Å². The van der Waals surface area contributed by atoms with Crippen molar-refractivity contribution in [1.82, 2.24) is 4.90 Å². The van der Waals surface area contributed by atoms with Gasteiger partial charge in [0.2, 0.25) is 0 Å². The maximum atomic E-state index is 13.0. The molecule has 6 heteroatoms. The van der Waals surface area contributed by atoms with Crippen LogP contribution in [0, 0.1) is 11.8 Å². The summed E-state index contributed by atoms with van der Waals surface area (Å²) in [6, 6.07) is 7.46. The summed E-state index contributed by atoms with van der Waals surface area (Å²) >= 11 is 0. The highest BCUT2D eigenvalue weighted by molar-refractivity contribution is 5.96. The Kier molecular flexibility index (Phi) is 6.27. The van der Waals surface area contributed by atoms with Gasteiger partial charge in [-0.3, -0.25) is 9.59 Å². The fraction of sp³-hybridized carbons (Fsp3) is 0.600. The molecule has 142 valence electrons. The van der Waals surface area contributed by atoms with Crippen molar-refractivity contribution in [1.29, 1.82) is 0 Å². The fourth-order valence-corrected chi connectivity index (χ4v) is 3.77. The SMILES string of the molecule is CC1CC(C(=O)O)CN(C(=O)c2ccccc2COC2CCOCC2)C1. The number of ether oxygens (including phenoxy) is 2. The lowest BCUT2D eigenvalue weighted by Gasteiger charge is -2.35. The predicted octanol–water partition coefficient (Wildman–Crippen LogP) is 2.57. The Bertz CT molecular complexity index is 641. The lowest BCUT2D eigenvalue weighted by atomic mass is 9.90. The third kappa shape index (κ3) is 4.62. The van der Waals surface area contributed by atoms with E-state index >= 15 is 0 Å². The number of amides is 1. The van der Waals surface area contributed by atoms with E-state index in [2.05, 4.69) is 0 Å². The van der Waals surface area contributed by atoms with Crippen LogP contribution in [0.5, 0.6) is 0 Å². The molecule has 1 aromatic carbocycles. The number of benzene rings is 1. The molecule has 2 atom stereocenters. The third-order valence-corrected chi connectivity index (χ3v) is 5.19. The molecule has 0 aliphatic carbocycles. The van der Waals surface area contributed by atoms with Crippen LogP contribution in [-0.4, -0.2) is 54.3 Å². The largest absolute Gasteiger partial charge is 0.481 e. The zero-order chi connectivity index (χ0) is 18.5. The van der Waals surface area contributed by atoms with Crippen molar-refractivity contribution in [2.75, 3.05) is 26.3 Å². The maximum absolute atomic E-state index is 13.0. The van der Waals surface area contributed by atoms with Gasteiger partial charge in [0, 0.05) is 31.9 Å². The summed E-state index contributed by atoms with van der Waals surface area (Å²) < 4.78 is 11.3. The molecule has 0 saturated carbocycles. The van der Waals surface area contributed by atoms with E-state index in [9.17, 15) is 14.7 Å². The van der Waals surface area contributed by atoms with Crippen molar-refractivity contribution in [3.8, 4) is 0 Å². The molecule has 1 aromatic rings. The fourth-order valence-electron chi connectivity index (χ4n) is 3.77. The van der Waals surface area contributed by atoms with Crippen LogP contribution in [0.1, 0.15) is 42.1 Å². The van der Waals surface area contributed by atoms with Crippen LogP contribution in [0.3, 0.4) is 0 Å². The number of rotatable bonds is 5. The number of piperidine rings is 1. The van der Waals surface area contributed by atoms with E-state index < -0.39 is 11.9 Å². The van der Waals surface area contributed by atoms with Gasteiger partial charge in [0.1, 0.15) is 0 Å². The lowest BCUT2D eigenvalue weighted by Crippen LogP contribution is -2.45. The molecule has 2 fully saturated rings. The highest BCUT2D eigenvalue weighted by atomic mass is 16.5. The van der Waals surface area contributed by atoms with E-state index in [1.165, 1.54) is 0 Å². The standard InChI is InChI=1S/C20H27NO5/c1-14-10-16(20(23)24)12-21(11-14)19(22)18-5-3-2-4-15(18)13-26-17-6-8-25-9-7-17/h2-5,14,16-17H,6-13H2,1H3,(H,23,24). The molecule has 2 unspecified atom stereocenters. The first-order valence-electron chi connectivity index (χ1n) is 9.34. The summed E-state index contributed by atoms with van der Waals surface area (Å²) in [6.07, 6.45) is 2.53. The van der Waals surface area contributed by atoms with E-state index in [0.717, 1.165) is 18.4 Å². The van der Waals surface area contributed by atoms with E-state index in [1.807, 2.05) is 25.1 Å². The number of hydrogen-bond donors (Lipinski definition) is 1. The van der Waals surface area contributed by atoms with Crippen molar-refractivity contribution in [3.63, 3.8) is 0 Å². The van der Waals surface area contributed by atoms with Gasteiger partial charge < -0.3 is 19.5 Å². The Morgan fingerprint density at radius 2 is 1.96 bits per heavy atom. The second kappa shape index (κ2) is 8.64. The van der Waals surface area contributed by atoms with Gasteiger partial charge >= 0.3 is 5.97 Å². The summed E-state index contributed by atoms with van der Waals surface area (Å²) in [5.41, 5.74) is 1.46. The van der Waals surface area contributed by atoms with Crippen molar-refractivity contribution in [2.24, 2.45) is 11.8 Å². The Hall–Kier alpha value is -1.92. The highest BCUT2D eigenvalue weighted by Gasteiger charge is 2.32. The molecular weight excluding hydrogens is 334 g/mol. The normalized spacial score (nSPS) is 24.4. The summed E-state index contributed by atoms with van der Waals surface area (Å²) in [6.45, 7) is 4.68. The molecule has 1 N–H and O–H groups in total. The average molecular weight is 361 g/mol. The molecule has 2 saturated heterocycles. The summed E-state index contributed by atoms with van der Waals surface area (Å²) in [4.78, 5) is 26.1. The summed E-state index contributed by atoms with van der Waals surface area (Å²) in [7, 11) is 0. The first-order chi connectivity index (χ1) is 12.5. The first-order valence-corrected chi connectivity index (χ1v) is 9.34. The third-order valence-electron chi connectivity index (χ3n) is 5.19. The second-order valence-electron chi connectivity index (χ2n) is 7.37.